The van der Waals surface area contributed by atoms with E-state index in [1.807, 2.05) is 42.5 Å². The van der Waals surface area contributed by atoms with E-state index in [0.717, 1.165) is 68.5 Å². The van der Waals surface area contributed by atoms with Crippen LogP contribution in [-0.4, -0.2) is 41.8 Å². The number of H-pyrrole nitrogens is 2. The second kappa shape index (κ2) is 10.4. The number of amides is 1. The van der Waals surface area contributed by atoms with Gasteiger partial charge < -0.3 is 10.3 Å². The molecule has 0 radical (unpaired) electrons. The maximum Gasteiger partial charge on any atom is 0.227 e. The summed E-state index contributed by atoms with van der Waals surface area (Å²) in [7, 11) is 0. The molecule has 1 aromatic carbocycles. The minimum atomic E-state index is 0.0507. The highest BCUT2D eigenvalue weighted by Crippen LogP contribution is 2.35. The second-order valence-electron chi connectivity index (χ2n) is 10.5. The third-order valence-electron chi connectivity index (χ3n) is 7.69. The summed E-state index contributed by atoms with van der Waals surface area (Å²) in [5, 5.41) is 11.4. The number of ketones is 1. The lowest BCUT2D eigenvalue weighted by Crippen LogP contribution is -2.24. The number of imidazole rings is 1. The standard InChI is InChI=1S/C31H27N7O2S/c1-17(39)25-10-11-26(41-25)22-8-5-9-24-27(22)36-30(35-24)28-23-13-20(15-33-29(23)38-37-28)19-12-21(16-32-14-19)34-31(40)18-6-3-2-4-7-18/h5,8-16,18H,2-4,6-7H2,1H3,(H,34,40)(H,35,36)(H,33,37,38). The third-order valence-corrected chi connectivity index (χ3v) is 8.91. The van der Waals surface area contributed by atoms with Gasteiger partial charge in [-0.25, -0.2) is 9.97 Å². The molecule has 10 heteroatoms. The van der Waals surface area contributed by atoms with Crippen molar-refractivity contribution in [2.75, 3.05) is 5.32 Å². The van der Waals surface area contributed by atoms with Crippen LogP contribution < -0.4 is 5.32 Å². The molecule has 0 spiro atoms. The Morgan fingerprint density at radius 3 is 2.68 bits per heavy atom. The maximum absolute atomic E-state index is 12.8. The molecule has 0 aliphatic heterocycles. The van der Waals surface area contributed by atoms with E-state index < -0.39 is 0 Å². The minimum absolute atomic E-state index is 0.0507. The highest BCUT2D eigenvalue weighted by molar-refractivity contribution is 7.17. The fourth-order valence-electron chi connectivity index (χ4n) is 5.53. The molecule has 7 rings (SSSR count). The summed E-state index contributed by atoms with van der Waals surface area (Å²) in [6.45, 7) is 1.58. The van der Waals surface area contributed by atoms with E-state index in [9.17, 15) is 9.59 Å². The van der Waals surface area contributed by atoms with Crippen LogP contribution >= 0.6 is 11.3 Å². The van der Waals surface area contributed by atoms with Gasteiger partial charge in [0.2, 0.25) is 5.91 Å². The van der Waals surface area contributed by atoms with Crippen molar-refractivity contribution in [3.63, 3.8) is 0 Å². The molecule has 6 aromatic rings. The summed E-state index contributed by atoms with van der Waals surface area (Å²) in [6, 6.07) is 13.7. The van der Waals surface area contributed by atoms with Crippen molar-refractivity contribution < 1.29 is 9.59 Å². The van der Waals surface area contributed by atoms with E-state index in [1.165, 1.54) is 17.8 Å². The highest BCUT2D eigenvalue weighted by Gasteiger charge is 2.22. The number of fused-ring (bicyclic) bond motifs is 2. The van der Waals surface area contributed by atoms with Crippen molar-refractivity contribution in [1.29, 1.82) is 0 Å². The number of benzene rings is 1. The van der Waals surface area contributed by atoms with Crippen LogP contribution in [-0.2, 0) is 4.79 Å². The van der Waals surface area contributed by atoms with Crippen LogP contribution in [0.25, 0.3) is 55.2 Å². The number of para-hydroxylation sites is 1. The molecular formula is C31H27N7O2S. The van der Waals surface area contributed by atoms with E-state index in [2.05, 4.69) is 30.5 Å². The molecule has 0 atom stereocenters. The number of rotatable bonds is 6. The number of anilines is 1. The van der Waals surface area contributed by atoms with E-state index in [-0.39, 0.29) is 17.6 Å². The Labute approximate surface area is 239 Å². The number of thiophene rings is 1. The predicted molar refractivity (Wildman–Crippen MR) is 161 cm³/mol. The number of Topliss-reactive ketones (excluding diaryl/α,β-unsaturated/α-hetero) is 1. The van der Waals surface area contributed by atoms with Gasteiger partial charge in [0, 0.05) is 39.9 Å². The SMILES string of the molecule is CC(=O)c1ccc(-c2cccc3[nH]c(-c4n[nH]c5ncc(-c6cncc(NC(=O)C7CCCCC7)c6)cc45)nc23)s1. The first-order valence-corrected chi connectivity index (χ1v) is 14.6. The van der Waals surface area contributed by atoms with Crippen LogP contribution in [0, 0.1) is 5.92 Å². The van der Waals surface area contributed by atoms with Crippen molar-refractivity contribution in [2.24, 2.45) is 5.92 Å². The number of carbonyl (C=O) groups excluding carboxylic acids is 2. The number of nitrogens with one attached hydrogen (secondary N) is 3. The van der Waals surface area contributed by atoms with Crippen molar-refractivity contribution in [1.82, 2.24) is 30.1 Å². The lowest BCUT2D eigenvalue weighted by molar-refractivity contribution is -0.120. The van der Waals surface area contributed by atoms with Gasteiger partial charge in [0.05, 0.1) is 33.2 Å². The molecular weight excluding hydrogens is 534 g/mol. The normalized spacial score (nSPS) is 14.1. The molecule has 1 aliphatic carbocycles. The number of carbonyl (C=O) groups is 2. The molecule has 1 fully saturated rings. The first-order chi connectivity index (χ1) is 20.0. The van der Waals surface area contributed by atoms with Crippen LogP contribution in [0.3, 0.4) is 0 Å². The quantitative estimate of drug-likeness (QED) is 0.188. The third kappa shape index (κ3) is 4.80. The first-order valence-electron chi connectivity index (χ1n) is 13.7. The summed E-state index contributed by atoms with van der Waals surface area (Å²) < 4.78 is 0. The monoisotopic (exact) mass is 561 g/mol. The van der Waals surface area contributed by atoms with Crippen LogP contribution in [0.5, 0.6) is 0 Å². The van der Waals surface area contributed by atoms with Gasteiger partial charge in [0.1, 0.15) is 5.69 Å². The molecule has 5 aromatic heterocycles. The Morgan fingerprint density at radius 1 is 1.00 bits per heavy atom. The van der Waals surface area contributed by atoms with Gasteiger partial charge in [-0.2, -0.15) is 5.10 Å². The van der Waals surface area contributed by atoms with E-state index in [1.54, 1.807) is 25.5 Å². The van der Waals surface area contributed by atoms with Crippen LogP contribution in [0.1, 0.15) is 48.7 Å². The molecule has 0 saturated heterocycles. The van der Waals surface area contributed by atoms with Crippen LogP contribution in [0.15, 0.2) is 61.1 Å². The molecule has 9 nitrogen and oxygen atoms in total. The first kappa shape index (κ1) is 25.3. The fraction of sp³-hybridized carbons (Fsp3) is 0.226. The number of pyridine rings is 2. The molecule has 1 aliphatic rings. The number of aromatic amines is 2. The lowest BCUT2D eigenvalue weighted by atomic mass is 9.88. The molecule has 5 heterocycles. The van der Waals surface area contributed by atoms with Gasteiger partial charge in [-0.05, 0) is 50.1 Å². The van der Waals surface area contributed by atoms with Crippen molar-refractivity contribution in [3.8, 4) is 33.1 Å². The van der Waals surface area contributed by atoms with Crippen LogP contribution in [0.4, 0.5) is 5.69 Å². The Kier molecular flexibility index (Phi) is 6.39. The zero-order chi connectivity index (χ0) is 27.9. The molecule has 204 valence electrons. The van der Waals surface area contributed by atoms with Gasteiger partial charge in [0.15, 0.2) is 17.3 Å². The average Bonchev–Trinajstić information content (AvgIpc) is 3.75. The van der Waals surface area contributed by atoms with Crippen molar-refractivity contribution in [2.45, 2.75) is 39.0 Å². The molecule has 1 amide bonds. The fourth-order valence-corrected chi connectivity index (χ4v) is 6.46. The Morgan fingerprint density at radius 2 is 1.85 bits per heavy atom. The number of aromatic nitrogens is 6. The highest BCUT2D eigenvalue weighted by atomic mass is 32.1. The van der Waals surface area contributed by atoms with Gasteiger partial charge in [-0.1, -0.05) is 31.4 Å². The number of hydrogen-bond acceptors (Lipinski definition) is 7. The van der Waals surface area contributed by atoms with Crippen molar-refractivity contribution >= 4 is 50.8 Å². The Bertz CT molecular complexity index is 1930. The van der Waals surface area contributed by atoms with Crippen molar-refractivity contribution in [3.05, 3.63) is 65.9 Å². The summed E-state index contributed by atoms with van der Waals surface area (Å²) in [6.07, 6.45) is 10.5. The molecule has 1 saturated carbocycles. The molecule has 0 bridgehead atoms. The molecule has 41 heavy (non-hydrogen) atoms. The Hall–Kier alpha value is -4.70. The van der Waals surface area contributed by atoms with E-state index >= 15 is 0 Å². The Balaban J connectivity index is 1.22. The maximum atomic E-state index is 12.8. The summed E-state index contributed by atoms with van der Waals surface area (Å²) in [5.74, 6) is 0.806. The topological polar surface area (TPSA) is 129 Å². The minimum Gasteiger partial charge on any atom is -0.337 e. The van der Waals surface area contributed by atoms with E-state index in [4.69, 9.17) is 4.98 Å². The predicted octanol–water partition coefficient (Wildman–Crippen LogP) is 7.01. The zero-order valence-electron chi connectivity index (χ0n) is 22.4. The van der Waals surface area contributed by atoms with Gasteiger partial charge in [-0.3, -0.25) is 19.7 Å². The van der Waals surface area contributed by atoms with Crippen LogP contribution in [0.2, 0.25) is 0 Å². The van der Waals surface area contributed by atoms with Gasteiger partial charge in [-0.15, -0.1) is 11.3 Å². The summed E-state index contributed by atoms with van der Waals surface area (Å²) in [4.78, 5) is 43.7. The van der Waals surface area contributed by atoms with E-state index in [0.29, 0.717) is 22.9 Å². The molecule has 3 N–H and O–H groups in total. The zero-order valence-corrected chi connectivity index (χ0v) is 23.2. The lowest BCUT2D eigenvalue weighted by Gasteiger charge is -2.20. The average molecular weight is 562 g/mol. The number of hydrogen-bond donors (Lipinski definition) is 3. The smallest absolute Gasteiger partial charge is 0.227 e. The van der Waals surface area contributed by atoms with Gasteiger partial charge in [0.25, 0.3) is 0 Å². The summed E-state index contributed by atoms with van der Waals surface area (Å²) >= 11 is 1.46. The molecule has 0 unspecified atom stereocenters. The van der Waals surface area contributed by atoms with Gasteiger partial charge >= 0.3 is 0 Å². The summed E-state index contributed by atoms with van der Waals surface area (Å²) in [5.41, 5.74) is 6.32. The largest absolute Gasteiger partial charge is 0.337 e. The number of nitrogens with zero attached hydrogens (tertiary/aromatic N) is 4. The second-order valence-corrected chi connectivity index (χ2v) is 11.6.